The summed E-state index contributed by atoms with van der Waals surface area (Å²) in [7, 11) is 0. The molecule has 1 aliphatic carbocycles. The van der Waals surface area contributed by atoms with Crippen LogP contribution >= 0.6 is 11.3 Å². The van der Waals surface area contributed by atoms with Gasteiger partial charge < -0.3 is 0 Å². The van der Waals surface area contributed by atoms with Crippen molar-refractivity contribution in [3.05, 3.63) is 148 Å². The molecule has 0 radical (unpaired) electrons. The normalized spacial score (nSPS) is 17.2. The Morgan fingerprint density at radius 3 is 1.97 bits per heavy atom. The minimum Gasteiger partial charge on any atom is -0.277 e. The van der Waals surface area contributed by atoms with E-state index in [-0.39, 0.29) is 5.92 Å². The molecule has 182 valence electrons. The first-order valence-electron chi connectivity index (χ1n) is 12.3. The number of anilines is 1. The number of thiophene rings is 1. The van der Waals surface area contributed by atoms with Crippen LogP contribution in [0.3, 0.4) is 0 Å². The molecule has 0 saturated heterocycles. The van der Waals surface area contributed by atoms with Crippen molar-refractivity contribution in [2.24, 2.45) is 27.1 Å². The molecule has 1 heterocycles. The minimum absolute atomic E-state index is 0.194. The molecule has 4 aromatic rings. The van der Waals surface area contributed by atoms with E-state index in [2.05, 4.69) is 95.4 Å². The molecule has 37 heavy (non-hydrogen) atoms. The second kappa shape index (κ2) is 12.1. The lowest BCUT2D eigenvalue weighted by atomic mass is 9.83. The Morgan fingerprint density at radius 1 is 0.757 bits per heavy atom. The highest BCUT2D eigenvalue weighted by Gasteiger charge is 2.22. The highest BCUT2D eigenvalue weighted by molar-refractivity contribution is 7.12. The molecule has 5 heteroatoms. The second-order valence-electron chi connectivity index (χ2n) is 8.75. The number of nitrogens with zero attached hydrogens (tertiary/aromatic N) is 3. The maximum absolute atomic E-state index is 4.90. The first kappa shape index (κ1) is 24.3. The number of hydrogen-bond donors (Lipinski definition) is 1. The van der Waals surface area contributed by atoms with Crippen LogP contribution in [0.4, 0.5) is 5.69 Å². The maximum atomic E-state index is 4.90. The Bertz CT molecular complexity index is 1410. The van der Waals surface area contributed by atoms with E-state index in [0.29, 0.717) is 5.92 Å². The van der Waals surface area contributed by atoms with E-state index in [1.807, 2.05) is 53.9 Å². The van der Waals surface area contributed by atoms with Crippen molar-refractivity contribution in [2.45, 2.75) is 6.92 Å². The van der Waals surface area contributed by atoms with Crippen LogP contribution in [0.25, 0.3) is 0 Å². The number of nitrogens with one attached hydrogen (secondary N) is 1. The molecule has 0 spiro atoms. The van der Waals surface area contributed by atoms with Gasteiger partial charge in [0.25, 0.3) is 0 Å². The van der Waals surface area contributed by atoms with Gasteiger partial charge in [0, 0.05) is 17.0 Å². The average molecular weight is 501 g/mol. The summed E-state index contributed by atoms with van der Waals surface area (Å²) >= 11 is 1.60. The Hall–Kier alpha value is -4.35. The van der Waals surface area contributed by atoms with E-state index >= 15 is 0 Å². The molecule has 0 bridgehead atoms. The number of hydrazone groups is 1. The molecular weight excluding hydrogens is 472 g/mol. The molecule has 1 aliphatic rings. The number of hydrogen-bond acceptors (Lipinski definition) is 5. The van der Waals surface area contributed by atoms with Crippen LogP contribution in [-0.2, 0) is 0 Å². The first-order valence-corrected chi connectivity index (χ1v) is 13.2. The Labute approximate surface area is 222 Å². The minimum atomic E-state index is 0.194. The summed E-state index contributed by atoms with van der Waals surface area (Å²) in [5.74, 6) is 0.553. The summed E-state index contributed by atoms with van der Waals surface area (Å²) in [6, 6.07) is 32.6. The Morgan fingerprint density at radius 2 is 1.35 bits per heavy atom. The molecule has 1 aromatic heterocycles. The lowest BCUT2D eigenvalue weighted by Crippen LogP contribution is -2.22. The van der Waals surface area contributed by atoms with E-state index < -0.39 is 0 Å². The zero-order valence-electron chi connectivity index (χ0n) is 20.6. The van der Waals surface area contributed by atoms with E-state index in [4.69, 9.17) is 5.10 Å². The molecule has 2 unspecified atom stereocenters. The van der Waals surface area contributed by atoms with Gasteiger partial charge in [0.1, 0.15) is 5.71 Å². The van der Waals surface area contributed by atoms with Crippen molar-refractivity contribution in [2.75, 3.05) is 5.43 Å². The van der Waals surface area contributed by atoms with Gasteiger partial charge >= 0.3 is 0 Å². The molecule has 0 aliphatic heterocycles. The molecule has 0 saturated carbocycles. The second-order valence-corrected chi connectivity index (χ2v) is 9.70. The number of allylic oxidation sites excluding steroid dienone is 4. The molecule has 5 rings (SSSR count). The zero-order chi connectivity index (χ0) is 25.3. The third-order valence-corrected chi connectivity index (χ3v) is 7.07. The van der Waals surface area contributed by atoms with Crippen LogP contribution in [0, 0.1) is 11.8 Å². The Kier molecular flexibility index (Phi) is 7.94. The van der Waals surface area contributed by atoms with Crippen molar-refractivity contribution in [3.63, 3.8) is 0 Å². The fourth-order valence-corrected chi connectivity index (χ4v) is 4.95. The fraction of sp³-hybridized carbons (Fsp3) is 0.0938. The lowest BCUT2D eigenvalue weighted by Gasteiger charge is -2.22. The average Bonchev–Trinajstić information content (AvgIpc) is 3.41. The summed E-state index contributed by atoms with van der Waals surface area (Å²) in [6.45, 7) is 2.22. The lowest BCUT2D eigenvalue weighted by molar-refractivity contribution is 0.635. The first-order chi connectivity index (χ1) is 18.3. The third kappa shape index (κ3) is 6.08. The quantitative estimate of drug-likeness (QED) is 0.195. The highest BCUT2D eigenvalue weighted by Crippen LogP contribution is 2.26. The van der Waals surface area contributed by atoms with Crippen molar-refractivity contribution in [1.29, 1.82) is 0 Å². The summed E-state index contributed by atoms with van der Waals surface area (Å²) in [5.41, 5.74) is 9.22. The predicted molar refractivity (Wildman–Crippen MR) is 158 cm³/mol. The molecule has 0 fully saturated rings. The van der Waals surface area contributed by atoms with Crippen LogP contribution < -0.4 is 5.43 Å². The largest absolute Gasteiger partial charge is 0.277 e. The van der Waals surface area contributed by atoms with Gasteiger partial charge in [-0.3, -0.25) is 5.43 Å². The van der Waals surface area contributed by atoms with Crippen molar-refractivity contribution in [3.8, 4) is 0 Å². The van der Waals surface area contributed by atoms with E-state index in [0.717, 1.165) is 38.7 Å². The molecular formula is C32H28N4S. The van der Waals surface area contributed by atoms with Crippen molar-refractivity contribution < 1.29 is 0 Å². The highest BCUT2D eigenvalue weighted by atomic mass is 32.1. The third-order valence-electron chi connectivity index (χ3n) is 6.22. The molecule has 1 N–H and O–H groups in total. The van der Waals surface area contributed by atoms with Gasteiger partial charge in [0.05, 0.1) is 22.5 Å². The standard InChI is InChI=1S/C32H28N4S/c1-24-13-11-12-20-28(24)32(27-18-9-4-10-19-27)36-34-29-21-22-37-30(29)23-33-35-31(25-14-5-2-6-15-25)26-16-7-3-8-17-26/h2-24,28,34H,1H3/b33-23+,36-32-. The summed E-state index contributed by atoms with van der Waals surface area (Å²) in [4.78, 5) is 0.965. The fourth-order valence-electron chi connectivity index (χ4n) is 4.25. The van der Waals surface area contributed by atoms with Gasteiger partial charge in [0.2, 0.25) is 0 Å². The SMILES string of the molecule is CC1C=CC=CC1/C(=N\Nc1ccsc1/C=N/N=C(c1ccccc1)c1ccccc1)c1ccccc1. The van der Waals surface area contributed by atoms with E-state index in [1.165, 1.54) is 0 Å². The molecule has 3 aromatic carbocycles. The van der Waals surface area contributed by atoms with Gasteiger partial charge in [-0.15, -0.1) is 16.4 Å². The number of rotatable bonds is 8. The van der Waals surface area contributed by atoms with Gasteiger partial charge in [-0.2, -0.15) is 10.2 Å². The zero-order valence-corrected chi connectivity index (χ0v) is 21.4. The smallest absolute Gasteiger partial charge is 0.100 e. The van der Waals surface area contributed by atoms with E-state index in [1.54, 1.807) is 17.6 Å². The molecule has 2 atom stereocenters. The van der Waals surface area contributed by atoms with Crippen molar-refractivity contribution >= 4 is 34.7 Å². The van der Waals surface area contributed by atoms with Crippen LogP contribution in [-0.4, -0.2) is 17.6 Å². The van der Waals surface area contributed by atoms with Crippen LogP contribution in [0.2, 0.25) is 0 Å². The van der Waals surface area contributed by atoms with Gasteiger partial charge in [0.15, 0.2) is 0 Å². The van der Waals surface area contributed by atoms with Crippen LogP contribution in [0.5, 0.6) is 0 Å². The number of benzene rings is 3. The van der Waals surface area contributed by atoms with Crippen LogP contribution in [0.15, 0.2) is 142 Å². The summed E-state index contributed by atoms with van der Waals surface area (Å²) in [6.07, 6.45) is 10.4. The molecule has 0 amide bonds. The van der Waals surface area contributed by atoms with Crippen LogP contribution in [0.1, 0.15) is 28.5 Å². The van der Waals surface area contributed by atoms with Gasteiger partial charge in [-0.25, -0.2) is 0 Å². The van der Waals surface area contributed by atoms with E-state index in [9.17, 15) is 0 Å². The predicted octanol–water partition coefficient (Wildman–Crippen LogP) is 7.81. The molecule has 4 nitrogen and oxygen atoms in total. The van der Waals surface area contributed by atoms with Gasteiger partial charge in [-0.1, -0.05) is 122 Å². The Balaban J connectivity index is 1.42. The van der Waals surface area contributed by atoms with Gasteiger partial charge in [-0.05, 0) is 22.9 Å². The maximum Gasteiger partial charge on any atom is 0.100 e. The van der Waals surface area contributed by atoms with Crippen molar-refractivity contribution in [1.82, 2.24) is 0 Å². The summed E-state index contributed by atoms with van der Waals surface area (Å²) in [5, 5.41) is 16.0. The summed E-state index contributed by atoms with van der Waals surface area (Å²) < 4.78 is 0. The topological polar surface area (TPSA) is 49.1 Å². The monoisotopic (exact) mass is 500 g/mol.